The number of hydrogen-bond acceptors (Lipinski definition) is 3. The summed E-state index contributed by atoms with van der Waals surface area (Å²) in [5, 5.41) is 0.905. The Hall–Kier alpha value is -1.91. The Morgan fingerprint density at radius 2 is 1.86 bits per heavy atom. The molecule has 0 atom stereocenters. The van der Waals surface area contributed by atoms with E-state index in [0.717, 1.165) is 16.8 Å². The number of anilines is 1. The molecule has 0 aliphatic heterocycles. The van der Waals surface area contributed by atoms with Crippen LogP contribution in [-0.4, -0.2) is 16.7 Å². The number of nitrogens with two attached hydrogens (primary N) is 1. The van der Waals surface area contributed by atoms with Gasteiger partial charge in [0.05, 0.1) is 33.9 Å². The van der Waals surface area contributed by atoms with Crippen LogP contribution in [0.15, 0.2) is 30.3 Å². The van der Waals surface area contributed by atoms with Crippen LogP contribution in [0, 0.1) is 6.92 Å². The highest BCUT2D eigenvalue weighted by molar-refractivity contribution is 6.42. The standard InChI is InChI=1S/C15H13Cl2N3O/c1-8-3-4-14(21-2)13(5-8)20-12-7-10(17)9(16)6-11(12)19-15(20)18/h3-7H,1-2H3,(H2,18,19). The molecule has 0 fully saturated rings. The minimum Gasteiger partial charge on any atom is -0.495 e. The van der Waals surface area contributed by atoms with Crippen molar-refractivity contribution in [2.24, 2.45) is 0 Å². The number of fused-ring (bicyclic) bond motifs is 1. The molecule has 0 bridgehead atoms. The maximum atomic E-state index is 6.12. The summed E-state index contributed by atoms with van der Waals surface area (Å²) in [6.45, 7) is 2.00. The summed E-state index contributed by atoms with van der Waals surface area (Å²) in [7, 11) is 1.62. The zero-order valence-corrected chi connectivity index (χ0v) is 13.0. The van der Waals surface area contributed by atoms with Crippen molar-refractivity contribution in [3.05, 3.63) is 45.9 Å². The lowest BCUT2D eigenvalue weighted by Gasteiger charge is -2.12. The van der Waals surface area contributed by atoms with E-state index >= 15 is 0 Å². The summed E-state index contributed by atoms with van der Waals surface area (Å²) >= 11 is 12.1. The quantitative estimate of drug-likeness (QED) is 0.768. The fourth-order valence-corrected chi connectivity index (χ4v) is 2.64. The minimum atomic E-state index is 0.354. The summed E-state index contributed by atoms with van der Waals surface area (Å²) in [5.41, 5.74) is 9.44. The molecule has 2 N–H and O–H groups in total. The van der Waals surface area contributed by atoms with Crippen LogP contribution in [0.3, 0.4) is 0 Å². The van der Waals surface area contributed by atoms with E-state index < -0.39 is 0 Å². The molecule has 0 saturated carbocycles. The molecular formula is C15H13Cl2N3O. The smallest absolute Gasteiger partial charge is 0.206 e. The van der Waals surface area contributed by atoms with Crippen LogP contribution >= 0.6 is 23.2 Å². The van der Waals surface area contributed by atoms with E-state index in [1.54, 1.807) is 19.2 Å². The molecule has 4 nitrogen and oxygen atoms in total. The average Bonchev–Trinajstić information content (AvgIpc) is 2.74. The number of ether oxygens (including phenoxy) is 1. The van der Waals surface area contributed by atoms with Gasteiger partial charge in [-0.2, -0.15) is 0 Å². The summed E-state index contributed by atoms with van der Waals surface area (Å²) in [6.07, 6.45) is 0. The molecule has 0 saturated heterocycles. The van der Waals surface area contributed by atoms with E-state index in [9.17, 15) is 0 Å². The molecule has 0 aliphatic carbocycles. The number of nitrogens with zero attached hydrogens (tertiary/aromatic N) is 2. The molecule has 3 rings (SSSR count). The predicted molar refractivity (Wildman–Crippen MR) is 86.8 cm³/mol. The van der Waals surface area contributed by atoms with Gasteiger partial charge in [-0.05, 0) is 36.8 Å². The van der Waals surface area contributed by atoms with Crippen molar-refractivity contribution in [3.63, 3.8) is 0 Å². The van der Waals surface area contributed by atoms with Gasteiger partial charge in [-0.3, -0.25) is 4.57 Å². The Balaban J connectivity index is 2.37. The van der Waals surface area contributed by atoms with Crippen LogP contribution < -0.4 is 10.5 Å². The van der Waals surface area contributed by atoms with Crippen LogP contribution in [0.2, 0.25) is 10.0 Å². The van der Waals surface area contributed by atoms with Gasteiger partial charge in [0.15, 0.2) is 0 Å². The lowest BCUT2D eigenvalue weighted by Crippen LogP contribution is -2.03. The Labute approximate surface area is 132 Å². The van der Waals surface area contributed by atoms with Gasteiger partial charge in [-0.15, -0.1) is 0 Å². The molecule has 0 amide bonds. The molecule has 0 unspecified atom stereocenters. The number of aromatic nitrogens is 2. The number of halogens is 2. The summed E-state index contributed by atoms with van der Waals surface area (Å²) < 4.78 is 7.23. The van der Waals surface area contributed by atoms with E-state index in [-0.39, 0.29) is 0 Å². The molecule has 0 aliphatic rings. The van der Waals surface area contributed by atoms with Gasteiger partial charge < -0.3 is 10.5 Å². The normalized spacial score (nSPS) is 11.0. The molecule has 1 aromatic heterocycles. The van der Waals surface area contributed by atoms with Gasteiger partial charge in [0, 0.05) is 0 Å². The van der Waals surface area contributed by atoms with Crippen molar-refractivity contribution < 1.29 is 4.74 Å². The van der Waals surface area contributed by atoms with Gasteiger partial charge in [0.2, 0.25) is 5.95 Å². The zero-order chi connectivity index (χ0) is 15.1. The average molecular weight is 322 g/mol. The number of rotatable bonds is 2. The molecule has 21 heavy (non-hydrogen) atoms. The molecule has 0 spiro atoms. The molecule has 1 heterocycles. The predicted octanol–water partition coefficient (Wildman–Crippen LogP) is 4.23. The van der Waals surface area contributed by atoms with E-state index in [4.69, 9.17) is 33.7 Å². The van der Waals surface area contributed by atoms with Gasteiger partial charge in [0.1, 0.15) is 5.75 Å². The maximum absolute atomic E-state index is 6.12. The van der Waals surface area contributed by atoms with E-state index in [2.05, 4.69) is 4.98 Å². The van der Waals surface area contributed by atoms with Crippen molar-refractivity contribution >= 4 is 40.2 Å². The lowest BCUT2D eigenvalue weighted by molar-refractivity contribution is 0.413. The van der Waals surface area contributed by atoms with E-state index in [1.807, 2.05) is 29.7 Å². The van der Waals surface area contributed by atoms with Gasteiger partial charge in [-0.25, -0.2) is 4.98 Å². The van der Waals surface area contributed by atoms with Crippen LogP contribution in [-0.2, 0) is 0 Å². The molecule has 3 aromatic rings. The molecule has 0 radical (unpaired) electrons. The minimum absolute atomic E-state index is 0.354. The Morgan fingerprint density at radius 3 is 2.57 bits per heavy atom. The van der Waals surface area contributed by atoms with Crippen molar-refractivity contribution in [2.45, 2.75) is 6.92 Å². The van der Waals surface area contributed by atoms with Crippen LogP contribution in [0.25, 0.3) is 16.7 Å². The van der Waals surface area contributed by atoms with Crippen LogP contribution in [0.1, 0.15) is 5.56 Å². The topological polar surface area (TPSA) is 53.1 Å². The first-order valence-corrected chi connectivity index (χ1v) is 7.05. The van der Waals surface area contributed by atoms with Gasteiger partial charge >= 0.3 is 0 Å². The van der Waals surface area contributed by atoms with E-state index in [1.165, 1.54) is 0 Å². The molecular weight excluding hydrogens is 309 g/mol. The first-order chi connectivity index (χ1) is 10.0. The number of aryl methyl sites for hydroxylation is 1. The van der Waals surface area contributed by atoms with E-state index in [0.29, 0.717) is 27.3 Å². The number of benzene rings is 2. The Kier molecular flexibility index (Phi) is 3.43. The number of hydrogen-bond donors (Lipinski definition) is 1. The second-order valence-corrected chi connectivity index (χ2v) is 5.55. The summed E-state index contributed by atoms with van der Waals surface area (Å²) in [5.74, 6) is 1.06. The molecule has 2 aromatic carbocycles. The first kappa shape index (κ1) is 14.0. The molecule has 108 valence electrons. The largest absolute Gasteiger partial charge is 0.495 e. The lowest BCUT2D eigenvalue weighted by atomic mass is 10.2. The third-order valence-electron chi connectivity index (χ3n) is 3.30. The van der Waals surface area contributed by atoms with Crippen LogP contribution in [0.4, 0.5) is 5.95 Å². The summed E-state index contributed by atoms with van der Waals surface area (Å²) in [4.78, 5) is 4.34. The third-order valence-corrected chi connectivity index (χ3v) is 4.02. The monoisotopic (exact) mass is 321 g/mol. The highest BCUT2D eigenvalue weighted by atomic mass is 35.5. The van der Waals surface area contributed by atoms with Crippen molar-refractivity contribution in [3.8, 4) is 11.4 Å². The van der Waals surface area contributed by atoms with Gasteiger partial charge in [-0.1, -0.05) is 29.3 Å². The highest BCUT2D eigenvalue weighted by Gasteiger charge is 2.15. The second-order valence-electron chi connectivity index (χ2n) is 4.74. The molecule has 6 heteroatoms. The summed E-state index contributed by atoms with van der Waals surface area (Å²) in [6, 6.07) is 9.31. The number of imidazole rings is 1. The SMILES string of the molecule is COc1ccc(C)cc1-n1c(N)nc2cc(Cl)c(Cl)cc21. The number of nitrogen functional groups attached to an aromatic ring is 1. The Morgan fingerprint density at radius 1 is 1.14 bits per heavy atom. The van der Waals surface area contributed by atoms with Crippen molar-refractivity contribution in [2.75, 3.05) is 12.8 Å². The fourth-order valence-electron chi connectivity index (χ4n) is 2.32. The maximum Gasteiger partial charge on any atom is 0.206 e. The first-order valence-electron chi connectivity index (χ1n) is 6.29. The highest BCUT2D eigenvalue weighted by Crippen LogP contribution is 2.34. The van der Waals surface area contributed by atoms with Crippen molar-refractivity contribution in [1.29, 1.82) is 0 Å². The van der Waals surface area contributed by atoms with Crippen molar-refractivity contribution in [1.82, 2.24) is 9.55 Å². The second kappa shape index (κ2) is 5.13. The number of methoxy groups -OCH3 is 1. The zero-order valence-electron chi connectivity index (χ0n) is 11.5. The fraction of sp³-hybridized carbons (Fsp3) is 0.133. The van der Waals surface area contributed by atoms with Crippen LogP contribution in [0.5, 0.6) is 5.75 Å². The third kappa shape index (κ3) is 2.30. The van der Waals surface area contributed by atoms with Gasteiger partial charge in [0.25, 0.3) is 0 Å². The Bertz CT molecular complexity index is 843.